The number of nitrogens with one attached hydrogen (secondary N) is 2. The van der Waals surface area contributed by atoms with Crippen molar-refractivity contribution in [3.8, 4) is 16.8 Å². The van der Waals surface area contributed by atoms with Crippen LogP contribution in [0, 0.1) is 20.8 Å². The molecule has 6 rings (SSSR count). The van der Waals surface area contributed by atoms with E-state index in [1.54, 1.807) is 0 Å². The molecule has 0 amide bonds. The zero-order valence-electron chi connectivity index (χ0n) is 19.6. The number of aromatic nitrogens is 3. The third-order valence-corrected chi connectivity index (χ3v) is 6.61. The molecule has 1 unspecified atom stereocenters. The van der Waals surface area contributed by atoms with E-state index in [1.807, 2.05) is 22.9 Å². The van der Waals surface area contributed by atoms with Gasteiger partial charge in [0.15, 0.2) is 5.65 Å². The Labute approximate surface area is 199 Å². The minimum Gasteiger partial charge on any atom is -0.350 e. The number of rotatable bonds is 3. The largest absolute Gasteiger partial charge is 0.350 e. The molecule has 3 aromatic carbocycles. The van der Waals surface area contributed by atoms with Crippen LogP contribution in [0.2, 0.25) is 0 Å². The fourth-order valence-corrected chi connectivity index (χ4v) is 4.79. The quantitative estimate of drug-likeness (QED) is 0.346. The predicted octanol–water partition coefficient (Wildman–Crippen LogP) is 6.23. The van der Waals surface area contributed by atoms with E-state index in [0.29, 0.717) is 0 Å². The summed E-state index contributed by atoms with van der Waals surface area (Å²) in [6.45, 7) is 7.03. The molecule has 0 bridgehead atoms. The van der Waals surface area contributed by atoms with Gasteiger partial charge in [-0.05, 0) is 44.0 Å². The highest BCUT2D eigenvalue weighted by molar-refractivity contribution is 5.99. The van der Waals surface area contributed by atoms with Crippen LogP contribution >= 0.6 is 0 Å². The van der Waals surface area contributed by atoms with Crippen LogP contribution in [0.25, 0.3) is 27.8 Å². The van der Waals surface area contributed by atoms with Crippen molar-refractivity contribution in [1.29, 1.82) is 0 Å². The second-order valence-corrected chi connectivity index (χ2v) is 9.08. The standard InChI is InChI=1S/C29H27N5/c1-18-9-13-21(14-10-18)26-24-17-30-27(22-15-11-19(2)12-16-22)31-28(24)32-29-25(26)20(3)33-34(29)23-7-5-4-6-8-23/h4-16,27,30H,17H2,1-3H3,(H,31,32). The van der Waals surface area contributed by atoms with Crippen molar-refractivity contribution in [2.75, 3.05) is 5.32 Å². The Bertz CT molecular complexity index is 1480. The van der Waals surface area contributed by atoms with Crippen molar-refractivity contribution in [3.05, 3.63) is 107 Å². The summed E-state index contributed by atoms with van der Waals surface area (Å²) in [7, 11) is 0. The second kappa shape index (κ2) is 8.12. The van der Waals surface area contributed by atoms with Crippen molar-refractivity contribution in [2.24, 2.45) is 0 Å². The van der Waals surface area contributed by atoms with Gasteiger partial charge < -0.3 is 5.32 Å². The summed E-state index contributed by atoms with van der Waals surface area (Å²) in [5, 5.41) is 13.4. The van der Waals surface area contributed by atoms with Crippen LogP contribution in [0.5, 0.6) is 0 Å². The molecule has 1 aliphatic rings. The number of para-hydroxylation sites is 1. The average Bonchev–Trinajstić information content (AvgIpc) is 3.20. The number of fused-ring (bicyclic) bond motifs is 2. The monoisotopic (exact) mass is 445 g/mol. The minimum atomic E-state index is -0.00175. The lowest BCUT2D eigenvalue weighted by Gasteiger charge is -2.30. The van der Waals surface area contributed by atoms with E-state index in [4.69, 9.17) is 10.1 Å². The van der Waals surface area contributed by atoms with Crippen molar-refractivity contribution < 1.29 is 0 Å². The molecular formula is C29H27N5. The molecule has 0 radical (unpaired) electrons. The van der Waals surface area contributed by atoms with E-state index in [1.165, 1.54) is 33.4 Å². The van der Waals surface area contributed by atoms with E-state index in [2.05, 4.69) is 92.1 Å². The highest BCUT2D eigenvalue weighted by Gasteiger charge is 2.27. The Balaban J connectivity index is 1.58. The van der Waals surface area contributed by atoms with Gasteiger partial charge in [-0.3, -0.25) is 5.32 Å². The van der Waals surface area contributed by atoms with Gasteiger partial charge in [0.2, 0.25) is 0 Å². The first kappa shape index (κ1) is 20.6. The van der Waals surface area contributed by atoms with Gasteiger partial charge in [0, 0.05) is 17.7 Å². The number of pyridine rings is 1. The normalized spacial score (nSPS) is 15.2. The molecule has 168 valence electrons. The number of anilines is 1. The Morgan fingerprint density at radius 3 is 2.21 bits per heavy atom. The SMILES string of the molecule is Cc1ccc(-c2c3c(nc4c2c(C)nn4-c2ccccc2)NC(c2ccc(C)cc2)NC3)cc1. The van der Waals surface area contributed by atoms with Crippen molar-refractivity contribution in [2.45, 2.75) is 33.5 Å². The van der Waals surface area contributed by atoms with Crippen molar-refractivity contribution >= 4 is 16.9 Å². The Morgan fingerprint density at radius 2 is 1.50 bits per heavy atom. The maximum absolute atomic E-state index is 5.16. The molecule has 0 spiro atoms. The van der Waals surface area contributed by atoms with Gasteiger partial charge in [-0.15, -0.1) is 0 Å². The summed E-state index contributed by atoms with van der Waals surface area (Å²) >= 11 is 0. The maximum atomic E-state index is 5.16. The molecule has 34 heavy (non-hydrogen) atoms. The van der Waals surface area contributed by atoms with E-state index in [0.717, 1.165) is 34.8 Å². The Kier molecular flexibility index (Phi) is 4.93. The lowest BCUT2D eigenvalue weighted by molar-refractivity contribution is 0.562. The lowest BCUT2D eigenvalue weighted by atomic mass is 9.94. The summed E-state index contributed by atoms with van der Waals surface area (Å²) in [6, 6.07) is 27.6. The average molecular weight is 446 g/mol. The topological polar surface area (TPSA) is 54.8 Å². The molecule has 0 saturated heterocycles. The Hall–Kier alpha value is -3.96. The third kappa shape index (κ3) is 3.45. The molecule has 3 heterocycles. The van der Waals surface area contributed by atoms with Gasteiger partial charge in [0.1, 0.15) is 12.0 Å². The van der Waals surface area contributed by atoms with Gasteiger partial charge in [-0.25, -0.2) is 9.67 Å². The summed E-state index contributed by atoms with van der Waals surface area (Å²) < 4.78 is 1.97. The fraction of sp³-hybridized carbons (Fsp3) is 0.172. The number of benzene rings is 3. The number of nitrogens with zero attached hydrogens (tertiary/aromatic N) is 3. The maximum Gasteiger partial charge on any atom is 0.166 e. The predicted molar refractivity (Wildman–Crippen MR) is 138 cm³/mol. The zero-order chi connectivity index (χ0) is 23.2. The number of hydrogen-bond acceptors (Lipinski definition) is 4. The van der Waals surface area contributed by atoms with E-state index < -0.39 is 0 Å². The minimum absolute atomic E-state index is 0.00175. The van der Waals surface area contributed by atoms with Crippen LogP contribution in [-0.2, 0) is 6.54 Å². The van der Waals surface area contributed by atoms with Gasteiger partial charge in [-0.1, -0.05) is 77.9 Å². The molecule has 2 aromatic heterocycles. The number of hydrogen-bond donors (Lipinski definition) is 2. The van der Waals surface area contributed by atoms with Crippen molar-refractivity contribution in [3.63, 3.8) is 0 Å². The smallest absolute Gasteiger partial charge is 0.166 e. The van der Waals surface area contributed by atoms with Gasteiger partial charge in [0.05, 0.1) is 16.8 Å². The molecule has 5 nitrogen and oxygen atoms in total. The summed E-state index contributed by atoms with van der Waals surface area (Å²) in [4.78, 5) is 5.16. The highest BCUT2D eigenvalue weighted by Crippen LogP contribution is 2.40. The summed E-state index contributed by atoms with van der Waals surface area (Å²) in [5.41, 5.74) is 10.1. The van der Waals surface area contributed by atoms with Crippen LogP contribution in [0.1, 0.15) is 34.1 Å². The van der Waals surface area contributed by atoms with Crippen molar-refractivity contribution in [1.82, 2.24) is 20.1 Å². The van der Waals surface area contributed by atoms with E-state index in [-0.39, 0.29) is 6.17 Å². The fourth-order valence-electron chi connectivity index (χ4n) is 4.79. The molecule has 2 N–H and O–H groups in total. The molecule has 0 fully saturated rings. The molecule has 5 heteroatoms. The number of aryl methyl sites for hydroxylation is 3. The highest BCUT2D eigenvalue weighted by atomic mass is 15.3. The first-order valence-electron chi connectivity index (χ1n) is 11.7. The molecule has 1 atom stereocenters. The van der Waals surface area contributed by atoms with Gasteiger partial charge >= 0.3 is 0 Å². The first-order chi connectivity index (χ1) is 16.6. The third-order valence-electron chi connectivity index (χ3n) is 6.61. The summed E-state index contributed by atoms with van der Waals surface area (Å²) in [6.07, 6.45) is -0.00175. The molecule has 5 aromatic rings. The van der Waals surface area contributed by atoms with Crippen LogP contribution in [-0.4, -0.2) is 14.8 Å². The second-order valence-electron chi connectivity index (χ2n) is 9.08. The van der Waals surface area contributed by atoms with Crippen LogP contribution < -0.4 is 10.6 Å². The molecule has 0 aliphatic carbocycles. The van der Waals surface area contributed by atoms with Crippen LogP contribution in [0.15, 0.2) is 78.9 Å². The van der Waals surface area contributed by atoms with Gasteiger partial charge in [-0.2, -0.15) is 5.10 Å². The molecule has 1 aliphatic heterocycles. The van der Waals surface area contributed by atoms with Gasteiger partial charge in [0.25, 0.3) is 0 Å². The molecule has 0 saturated carbocycles. The van der Waals surface area contributed by atoms with E-state index in [9.17, 15) is 0 Å². The first-order valence-corrected chi connectivity index (χ1v) is 11.7. The lowest BCUT2D eigenvalue weighted by Crippen LogP contribution is -2.33. The van der Waals surface area contributed by atoms with Crippen LogP contribution in [0.4, 0.5) is 5.82 Å². The molecular weight excluding hydrogens is 418 g/mol. The Morgan fingerprint density at radius 1 is 0.824 bits per heavy atom. The zero-order valence-corrected chi connectivity index (χ0v) is 19.6. The van der Waals surface area contributed by atoms with Crippen LogP contribution in [0.3, 0.4) is 0 Å². The van der Waals surface area contributed by atoms with E-state index >= 15 is 0 Å². The summed E-state index contributed by atoms with van der Waals surface area (Å²) in [5.74, 6) is 0.907.